The van der Waals surface area contributed by atoms with E-state index in [0.29, 0.717) is 44.2 Å². The van der Waals surface area contributed by atoms with Gasteiger partial charge in [0.05, 0.1) is 36.0 Å². The maximum Gasteiger partial charge on any atom is 0.258 e. The number of carbonyl (C=O) groups is 1. The van der Waals surface area contributed by atoms with Gasteiger partial charge in [-0.1, -0.05) is 41.9 Å². The van der Waals surface area contributed by atoms with E-state index in [1.807, 2.05) is 48.5 Å². The number of nitrogens with zero attached hydrogens (tertiary/aromatic N) is 2. The number of H-pyrrole nitrogens is 1. The number of halogens is 2. The Morgan fingerprint density at radius 3 is 2.51 bits per heavy atom. The molecule has 3 aromatic carbocycles. The van der Waals surface area contributed by atoms with E-state index in [4.69, 9.17) is 21.1 Å². The van der Waals surface area contributed by atoms with Crippen LogP contribution in [0.15, 0.2) is 75.0 Å². The lowest BCUT2D eigenvalue weighted by Gasteiger charge is -2.22. The molecular weight excluding hydrogens is 558 g/mol. The van der Waals surface area contributed by atoms with Gasteiger partial charge in [0, 0.05) is 34.8 Å². The predicted octanol–water partition coefficient (Wildman–Crippen LogP) is 6.33. The van der Waals surface area contributed by atoms with Gasteiger partial charge >= 0.3 is 0 Å². The van der Waals surface area contributed by atoms with Crippen molar-refractivity contribution in [2.75, 3.05) is 14.2 Å². The summed E-state index contributed by atoms with van der Waals surface area (Å²) in [5.41, 5.74) is 3.66. The summed E-state index contributed by atoms with van der Waals surface area (Å²) >= 11 is 9.90. The van der Waals surface area contributed by atoms with Crippen molar-refractivity contribution in [3.8, 4) is 22.6 Å². The number of ether oxygens (including phenoxy) is 2. The van der Waals surface area contributed by atoms with Crippen molar-refractivity contribution < 1.29 is 14.3 Å². The molecule has 0 saturated carbocycles. The van der Waals surface area contributed by atoms with Gasteiger partial charge < -0.3 is 14.5 Å². The first-order valence-corrected chi connectivity index (χ1v) is 12.7. The van der Waals surface area contributed by atoms with Crippen LogP contribution in [0.2, 0.25) is 5.02 Å². The Bertz CT molecular complexity index is 1620. The van der Waals surface area contributed by atoms with Crippen molar-refractivity contribution in [1.29, 1.82) is 0 Å². The maximum atomic E-state index is 13.5. The van der Waals surface area contributed by atoms with Gasteiger partial charge in [-0.05, 0) is 57.4 Å². The van der Waals surface area contributed by atoms with E-state index in [2.05, 4.69) is 26.0 Å². The van der Waals surface area contributed by atoms with Crippen LogP contribution in [0.3, 0.4) is 0 Å². The third kappa shape index (κ3) is 4.51. The van der Waals surface area contributed by atoms with E-state index < -0.39 is 6.04 Å². The fraction of sp³-hybridized carbons (Fsp3) is 0.179. The molecule has 1 N–H and O–H groups in total. The van der Waals surface area contributed by atoms with Crippen molar-refractivity contribution in [1.82, 2.24) is 9.99 Å². The second kappa shape index (κ2) is 10.0. The molecule has 0 bridgehead atoms. The number of carbonyl (C=O) groups excluding carboxylic acids is 1. The first kappa shape index (κ1) is 25.0. The third-order valence-corrected chi connectivity index (χ3v) is 7.23. The Balaban J connectivity index is 1.71. The lowest BCUT2D eigenvalue weighted by atomic mass is 9.91. The molecule has 1 atom stereocenters. The van der Waals surface area contributed by atoms with Crippen molar-refractivity contribution in [2.24, 2.45) is 5.10 Å². The highest BCUT2D eigenvalue weighted by molar-refractivity contribution is 9.10. The molecule has 9 heteroatoms. The van der Waals surface area contributed by atoms with E-state index in [1.165, 1.54) is 11.9 Å². The van der Waals surface area contributed by atoms with Crippen molar-refractivity contribution in [2.45, 2.75) is 19.4 Å². The van der Waals surface area contributed by atoms with Gasteiger partial charge in [0.25, 0.3) is 5.56 Å². The molecule has 0 spiro atoms. The summed E-state index contributed by atoms with van der Waals surface area (Å²) < 4.78 is 11.6. The molecule has 0 unspecified atom stereocenters. The molecule has 5 rings (SSSR count). The summed E-state index contributed by atoms with van der Waals surface area (Å²) in [6.07, 6.45) is 0.330. The number of nitrogens with one attached hydrogen (secondary N) is 1. The monoisotopic (exact) mass is 579 g/mol. The van der Waals surface area contributed by atoms with Gasteiger partial charge in [-0.15, -0.1) is 0 Å². The number of hydrogen-bond acceptors (Lipinski definition) is 5. The molecule has 2 heterocycles. The van der Waals surface area contributed by atoms with Crippen LogP contribution in [-0.2, 0) is 4.79 Å². The van der Waals surface area contributed by atoms with Crippen LogP contribution in [-0.4, -0.2) is 35.8 Å². The molecule has 4 aromatic rings. The molecule has 1 aliphatic rings. The maximum absolute atomic E-state index is 13.5. The second-order valence-corrected chi connectivity index (χ2v) is 9.92. The summed E-state index contributed by atoms with van der Waals surface area (Å²) in [6, 6.07) is 18.3. The molecule has 1 aromatic heterocycles. The van der Waals surface area contributed by atoms with Gasteiger partial charge in [0.1, 0.15) is 0 Å². The van der Waals surface area contributed by atoms with Crippen LogP contribution in [0.1, 0.15) is 30.5 Å². The average Bonchev–Trinajstić information content (AvgIpc) is 3.33. The van der Waals surface area contributed by atoms with Gasteiger partial charge in [0.15, 0.2) is 11.5 Å². The van der Waals surface area contributed by atoms with E-state index >= 15 is 0 Å². The van der Waals surface area contributed by atoms with E-state index in [1.54, 1.807) is 26.4 Å². The number of benzene rings is 3. The van der Waals surface area contributed by atoms with Crippen LogP contribution >= 0.6 is 27.5 Å². The predicted molar refractivity (Wildman–Crippen MR) is 149 cm³/mol. The Kier molecular flexibility index (Phi) is 6.79. The quantitative estimate of drug-likeness (QED) is 0.299. The Morgan fingerprint density at radius 2 is 1.84 bits per heavy atom. The highest BCUT2D eigenvalue weighted by atomic mass is 79.9. The lowest BCUT2D eigenvalue weighted by Crippen LogP contribution is -2.24. The summed E-state index contributed by atoms with van der Waals surface area (Å²) in [6.45, 7) is 1.46. The van der Waals surface area contributed by atoms with Crippen molar-refractivity contribution in [3.05, 3.63) is 91.6 Å². The molecule has 188 valence electrons. The van der Waals surface area contributed by atoms with E-state index in [0.717, 1.165) is 22.1 Å². The van der Waals surface area contributed by atoms with E-state index in [-0.39, 0.29) is 11.5 Å². The molecule has 37 heavy (non-hydrogen) atoms. The number of hydrogen-bond donors (Lipinski definition) is 1. The van der Waals surface area contributed by atoms with Crippen LogP contribution in [0.4, 0.5) is 0 Å². The summed E-state index contributed by atoms with van der Waals surface area (Å²) in [4.78, 5) is 29.2. The first-order valence-electron chi connectivity index (χ1n) is 11.5. The number of aromatic amines is 1. The van der Waals surface area contributed by atoms with Crippen molar-refractivity contribution in [3.63, 3.8) is 0 Å². The van der Waals surface area contributed by atoms with Gasteiger partial charge in [-0.2, -0.15) is 5.10 Å². The standard InChI is InChI=1S/C28H23BrClN3O4/c1-15(34)33-23(17-11-20(29)27(37-3)24(12-17)36-2)14-22(32-33)26-25(16-7-5-4-6-8-16)19-13-18(30)9-10-21(19)31-28(26)35/h4-13,23H,14H2,1-3H3,(H,31,35)/t23-/m0/s1. The number of pyridine rings is 1. The fourth-order valence-corrected chi connectivity index (χ4v) is 5.58. The smallest absolute Gasteiger partial charge is 0.258 e. The Hall–Kier alpha value is -3.62. The van der Waals surface area contributed by atoms with Crippen LogP contribution < -0.4 is 15.0 Å². The molecule has 0 radical (unpaired) electrons. The zero-order chi connectivity index (χ0) is 26.3. The van der Waals surface area contributed by atoms with Gasteiger partial charge in [-0.25, -0.2) is 5.01 Å². The number of amides is 1. The van der Waals surface area contributed by atoms with Gasteiger partial charge in [0.2, 0.25) is 5.91 Å². The number of methoxy groups -OCH3 is 2. The molecule has 1 aliphatic heterocycles. The zero-order valence-corrected chi connectivity index (χ0v) is 22.7. The number of hydrazone groups is 1. The van der Waals surface area contributed by atoms with Crippen LogP contribution in [0, 0.1) is 0 Å². The average molecular weight is 581 g/mol. The highest BCUT2D eigenvalue weighted by Crippen LogP contribution is 2.42. The second-order valence-electron chi connectivity index (χ2n) is 8.63. The molecular formula is C28H23BrClN3O4. The van der Waals surface area contributed by atoms with Crippen LogP contribution in [0.5, 0.6) is 11.5 Å². The molecule has 1 amide bonds. The topological polar surface area (TPSA) is 84.0 Å². The number of fused-ring (bicyclic) bond motifs is 1. The largest absolute Gasteiger partial charge is 0.493 e. The number of rotatable bonds is 5. The van der Waals surface area contributed by atoms with Crippen molar-refractivity contribution >= 4 is 50.1 Å². The minimum Gasteiger partial charge on any atom is -0.493 e. The summed E-state index contributed by atoms with van der Waals surface area (Å²) in [7, 11) is 3.11. The zero-order valence-electron chi connectivity index (χ0n) is 20.3. The Labute approximate surface area is 226 Å². The minimum atomic E-state index is -0.443. The van der Waals surface area contributed by atoms with Crippen LogP contribution in [0.25, 0.3) is 22.0 Å². The fourth-order valence-electron chi connectivity index (χ4n) is 4.79. The Morgan fingerprint density at radius 1 is 1.08 bits per heavy atom. The SMILES string of the molecule is COc1cc([C@@H]2CC(c3c(-c4ccccc4)c4cc(Cl)ccc4[nH]c3=O)=NN2C(C)=O)cc(Br)c1OC. The van der Waals surface area contributed by atoms with E-state index in [9.17, 15) is 9.59 Å². The third-order valence-electron chi connectivity index (χ3n) is 6.40. The molecule has 0 fully saturated rings. The normalized spacial score (nSPS) is 15.1. The highest BCUT2D eigenvalue weighted by Gasteiger charge is 2.35. The molecule has 7 nitrogen and oxygen atoms in total. The number of aromatic nitrogens is 1. The minimum absolute atomic E-state index is 0.243. The summed E-state index contributed by atoms with van der Waals surface area (Å²) in [5, 5.41) is 7.44. The molecule has 0 saturated heterocycles. The molecule has 0 aliphatic carbocycles. The first-order chi connectivity index (χ1) is 17.8. The lowest BCUT2D eigenvalue weighted by molar-refractivity contribution is -0.130. The summed E-state index contributed by atoms with van der Waals surface area (Å²) in [5.74, 6) is 0.827. The van der Waals surface area contributed by atoms with Gasteiger partial charge in [-0.3, -0.25) is 9.59 Å².